The lowest BCUT2D eigenvalue weighted by molar-refractivity contribution is 0.766. The predicted octanol–water partition coefficient (Wildman–Crippen LogP) is 3.16. The quantitative estimate of drug-likeness (QED) is 0.796. The van der Waals surface area contributed by atoms with Crippen molar-refractivity contribution in [2.75, 3.05) is 6.26 Å². The minimum atomic E-state index is 0.744. The normalized spacial score (nSPS) is 10.2. The highest BCUT2D eigenvalue weighted by molar-refractivity contribution is 8.00. The van der Waals surface area contributed by atoms with E-state index in [2.05, 4.69) is 11.2 Å². The maximum absolute atomic E-state index is 9.22. The number of nitrogens with zero attached hydrogens (tertiary/aromatic N) is 3. The van der Waals surface area contributed by atoms with E-state index in [4.69, 9.17) is 0 Å². The zero-order valence-corrected chi connectivity index (χ0v) is 11.2. The number of benzene rings is 1. The average Bonchev–Trinajstić information content (AvgIpc) is 2.74. The molecule has 0 saturated carbocycles. The summed E-state index contributed by atoms with van der Waals surface area (Å²) in [6, 6.07) is 8.19. The van der Waals surface area contributed by atoms with Gasteiger partial charge in [0.25, 0.3) is 0 Å². The molecule has 86 valence electrons. The van der Waals surface area contributed by atoms with Crippen molar-refractivity contribution in [3.8, 4) is 6.07 Å². The van der Waals surface area contributed by atoms with Crippen LogP contribution >= 0.6 is 23.5 Å². The minimum Gasteiger partial charge on any atom is -0.275 e. The van der Waals surface area contributed by atoms with Crippen molar-refractivity contribution in [1.82, 2.24) is 9.78 Å². The first-order valence-electron chi connectivity index (χ1n) is 4.98. The Morgan fingerprint density at radius 2 is 2.12 bits per heavy atom. The van der Waals surface area contributed by atoms with Crippen LogP contribution in [0.15, 0.2) is 45.3 Å². The number of nitriles is 1. The fraction of sp³-hybridized carbons (Fsp3) is 0.167. The van der Waals surface area contributed by atoms with Crippen LogP contribution in [-0.2, 0) is 7.05 Å². The van der Waals surface area contributed by atoms with E-state index in [-0.39, 0.29) is 0 Å². The summed E-state index contributed by atoms with van der Waals surface area (Å²) >= 11 is 3.16. The van der Waals surface area contributed by atoms with Crippen LogP contribution in [0.5, 0.6) is 0 Å². The number of thioether (sulfide) groups is 1. The molecule has 0 aliphatic heterocycles. The van der Waals surface area contributed by atoms with Gasteiger partial charge in [-0.2, -0.15) is 10.4 Å². The highest BCUT2D eigenvalue weighted by Gasteiger charge is 2.09. The highest BCUT2D eigenvalue weighted by Crippen LogP contribution is 2.33. The van der Waals surface area contributed by atoms with Crippen molar-refractivity contribution in [2.45, 2.75) is 14.7 Å². The van der Waals surface area contributed by atoms with Crippen LogP contribution in [0.4, 0.5) is 0 Å². The molecule has 1 aromatic carbocycles. The maximum Gasteiger partial charge on any atom is 0.101 e. The summed E-state index contributed by atoms with van der Waals surface area (Å²) in [5.74, 6) is 0. The molecule has 17 heavy (non-hydrogen) atoms. The van der Waals surface area contributed by atoms with Crippen molar-refractivity contribution in [1.29, 1.82) is 5.26 Å². The van der Waals surface area contributed by atoms with Gasteiger partial charge in [0.05, 0.1) is 16.7 Å². The molecule has 0 spiro atoms. The van der Waals surface area contributed by atoms with Crippen LogP contribution in [-0.4, -0.2) is 16.0 Å². The Kier molecular flexibility index (Phi) is 3.77. The monoisotopic (exact) mass is 261 g/mol. The Bertz CT molecular complexity index is 569. The molecule has 3 nitrogen and oxygen atoms in total. The van der Waals surface area contributed by atoms with Crippen LogP contribution in [0.1, 0.15) is 5.56 Å². The summed E-state index contributed by atoms with van der Waals surface area (Å²) in [4.78, 5) is 3.04. The molecule has 0 radical (unpaired) electrons. The third kappa shape index (κ3) is 2.65. The summed E-state index contributed by atoms with van der Waals surface area (Å²) in [5, 5.41) is 13.3. The van der Waals surface area contributed by atoms with Gasteiger partial charge in [-0.05, 0) is 18.4 Å². The molecule has 1 heterocycles. The zero-order valence-electron chi connectivity index (χ0n) is 9.54. The fourth-order valence-electron chi connectivity index (χ4n) is 1.45. The van der Waals surface area contributed by atoms with Crippen molar-refractivity contribution in [3.05, 3.63) is 36.2 Å². The lowest BCUT2D eigenvalue weighted by atomic mass is 10.2. The molecule has 0 aliphatic rings. The van der Waals surface area contributed by atoms with Gasteiger partial charge < -0.3 is 0 Å². The van der Waals surface area contributed by atoms with E-state index < -0.39 is 0 Å². The standard InChI is InChI=1S/C12H11N3S2/c1-15-8-9(7-14-15)17-12-5-3-4-11(16-2)10(12)6-13/h3-5,7-8H,1-2H3. The van der Waals surface area contributed by atoms with E-state index >= 15 is 0 Å². The van der Waals surface area contributed by atoms with E-state index in [0.29, 0.717) is 0 Å². The Labute approximate surface area is 109 Å². The van der Waals surface area contributed by atoms with Gasteiger partial charge >= 0.3 is 0 Å². The lowest BCUT2D eigenvalue weighted by Crippen LogP contribution is -1.85. The molecule has 0 fully saturated rings. The van der Waals surface area contributed by atoms with Gasteiger partial charge in [0.15, 0.2) is 0 Å². The van der Waals surface area contributed by atoms with Gasteiger partial charge in [0.2, 0.25) is 0 Å². The molecule has 0 aliphatic carbocycles. The van der Waals surface area contributed by atoms with Crippen LogP contribution in [0.25, 0.3) is 0 Å². The first kappa shape index (κ1) is 12.1. The largest absolute Gasteiger partial charge is 0.275 e. The molecule has 2 aromatic rings. The average molecular weight is 261 g/mol. The molecule has 0 N–H and O–H groups in total. The summed E-state index contributed by atoms with van der Waals surface area (Å²) in [6.45, 7) is 0. The summed E-state index contributed by atoms with van der Waals surface area (Å²) in [6.07, 6.45) is 5.73. The summed E-state index contributed by atoms with van der Waals surface area (Å²) in [5.41, 5.74) is 0.744. The Morgan fingerprint density at radius 1 is 1.35 bits per heavy atom. The second kappa shape index (κ2) is 5.30. The van der Waals surface area contributed by atoms with Gasteiger partial charge in [-0.1, -0.05) is 17.8 Å². The topological polar surface area (TPSA) is 41.6 Å². The molecule has 2 rings (SSSR count). The first-order valence-corrected chi connectivity index (χ1v) is 7.02. The number of rotatable bonds is 3. The van der Waals surface area contributed by atoms with Gasteiger partial charge in [-0.3, -0.25) is 4.68 Å². The predicted molar refractivity (Wildman–Crippen MR) is 70.3 cm³/mol. The van der Waals surface area contributed by atoms with Crippen LogP contribution in [0.3, 0.4) is 0 Å². The van der Waals surface area contributed by atoms with E-state index in [1.807, 2.05) is 37.7 Å². The molecule has 0 amide bonds. The SMILES string of the molecule is CSc1cccc(Sc2cnn(C)c2)c1C#N. The van der Waals surface area contributed by atoms with Gasteiger partial charge in [0, 0.05) is 23.0 Å². The van der Waals surface area contributed by atoms with Crippen LogP contribution < -0.4 is 0 Å². The molecule has 0 saturated heterocycles. The number of aromatic nitrogens is 2. The summed E-state index contributed by atoms with van der Waals surface area (Å²) < 4.78 is 1.76. The second-order valence-corrected chi connectivity index (χ2v) is 5.36. The van der Waals surface area contributed by atoms with Crippen LogP contribution in [0, 0.1) is 11.3 Å². The number of aryl methyl sites for hydroxylation is 1. The molecule has 0 atom stereocenters. The number of hydrogen-bond acceptors (Lipinski definition) is 4. The summed E-state index contributed by atoms with van der Waals surface area (Å²) in [7, 11) is 1.88. The Hall–Kier alpha value is -1.38. The molecule has 0 unspecified atom stereocenters. The van der Waals surface area contributed by atoms with Gasteiger partial charge in [-0.15, -0.1) is 11.8 Å². The van der Waals surface area contributed by atoms with E-state index in [1.165, 1.54) is 0 Å². The van der Waals surface area contributed by atoms with Crippen molar-refractivity contribution in [3.63, 3.8) is 0 Å². The maximum atomic E-state index is 9.22. The third-order valence-electron chi connectivity index (χ3n) is 2.23. The van der Waals surface area contributed by atoms with Gasteiger partial charge in [-0.25, -0.2) is 0 Å². The van der Waals surface area contributed by atoms with Crippen molar-refractivity contribution >= 4 is 23.5 Å². The van der Waals surface area contributed by atoms with E-state index in [0.717, 1.165) is 20.2 Å². The molecular weight excluding hydrogens is 250 g/mol. The van der Waals surface area contributed by atoms with E-state index in [9.17, 15) is 5.26 Å². The van der Waals surface area contributed by atoms with Gasteiger partial charge in [0.1, 0.15) is 6.07 Å². The molecule has 1 aromatic heterocycles. The zero-order chi connectivity index (χ0) is 12.3. The second-order valence-electron chi connectivity index (χ2n) is 3.40. The smallest absolute Gasteiger partial charge is 0.101 e. The van der Waals surface area contributed by atoms with Crippen molar-refractivity contribution in [2.24, 2.45) is 7.05 Å². The molecule has 5 heteroatoms. The minimum absolute atomic E-state index is 0.744. The highest BCUT2D eigenvalue weighted by atomic mass is 32.2. The Balaban J connectivity index is 2.36. The Morgan fingerprint density at radius 3 is 2.71 bits per heavy atom. The van der Waals surface area contributed by atoms with Crippen LogP contribution in [0.2, 0.25) is 0 Å². The molecule has 0 bridgehead atoms. The number of hydrogen-bond donors (Lipinski definition) is 0. The lowest BCUT2D eigenvalue weighted by Gasteiger charge is -2.05. The van der Waals surface area contributed by atoms with Crippen molar-refractivity contribution < 1.29 is 0 Å². The third-order valence-corrected chi connectivity index (χ3v) is 4.02. The van der Waals surface area contributed by atoms with E-state index in [1.54, 1.807) is 34.4 Å². The fourth-order valence-corrected chi connectivity index (χ4v) is 3.06. The first-order chi connectivity index (χ1) is 8.24. The molecular formula is C12H11N3S2.